The standard InChI is InChI=1S/C24H46O5/c1-2-3-4-5-6-7-8-9-10-11-12-13-14-15-16-17-18-28-22(19-25)24-23(27)21(26)20-29-24/h12-13,21-27H,2-11,14-20H2,1H3/b13-12+/t21-,22+,23-,24-/m1/s1. The molecular formula is C24H46O5. The van der Waals surface area contributed by atoms with Crippen molar-refractivity contribution < 1.29 is 24.8 Å². The molecular weight excluding hydrogens is 368 g/mol. The van der Waals surface area contributed by atoms with Gasteiger partial charge in [-0.1, -0.05) is 76.9 Å². The highest BCUT2D eigenvalue weighted by molar-refractivity contribution is 4.88. The van der Waals surface area contributed by atoms with Crippen molar-refractivity contribution in [1.29, 1.82) is 0 Å². The lowest BCUT2D eigenvalue weighted by Gasteiger charge is -2.24. The van der Waals surface area contributed by atoms with Gasteiger partial charge in [-0.3, -0.25) is 0 Å². The first kappa shape index (κ1) is 26.6. The van der Waals surface area contributed by atoms with Crippen LogP contribution in [-0.2, 0) is 9.47 Å². The van der Waals surface area contributed by atoms with Gasteiger partial charge in [0.15, 0.2) is 0 Å². The molecule has 1 aliphatic rings. The van der Waals surface area contributed by atoms with Crippen LogP contribution < -0.4 is 0 Å². The van der Waals surface area contributed by atoms with Gasteiger partial charge in [-0.05, 0) is 32.1 Å². The molecule has 0 aromatic heterocycles. The summed E-state index contributed by atoms with van der Waals surface area (Å²) in [5.74, 6) is 0. The molecule has 3 N–H and O–H groups in total. The normalized spacial score (nSPS) is 23.2. The summed E-state index contributed by atoms with van der Waals surface area (Å²) >= 11 is 0. The molecule has 5 heteroatoms. The number of ether oxygens (including phenoxy) is 2. The summed E-state index contributed by atoms with van der Waals surface area (Å²) in [6.07, 6.45) is 19.4. The summed E-state index contributed by atoms with van der Waals surface area (Å²) in [5.41, 5.74) is 0. The Morgan fingerprint density at radius 1 is 0.862 bits per heavy atom. The number of allylic oxidation sites excluding steroid dienone is 2. The Kier molecular flexibility index (Phi) is 16.8. The summed E-state index contributed by atoms with van der Waals surface area (Å²) in [6.45, 7) is 2.69. The maximum absolute atomic E-state index is 9.83. The predicted octanol–water partition coefficient (Wildman–Crippen LogP) is 4.52. The van der Waals surface area contributed by atoms with Crippen molar-refractivity contribution in [2.24, 2.45) is 0 Å². The molecule has 29 heavy (non-hydrogen) atoms. The van der Waals surface area contributed by atoms with Gasteiger partial charge in [-0.25, -0.2) is 0 Å². The second kappa shape index (κ2) is 18.3. The zero-order chi connectivity index (χ0) is 21.2. The Bertz CT molecular complexity index is 387. The molecule has 0 bridgehead atoms. The van der Waals surface area contributed by atoms with E-state index in [1.165, 1.54) is 64.2 Å². The fourth-order valence-corrected chi connectivity index (χ4v) is 3.79. The summed E-state index contributed by atoms with van der Waals surface area (Å²) in [5, 5.41) is 28.8. The molecule has 5 nitrogen and oxygen atoms in total. The van der Waals surface area contributed by atoms with Gasteiger partial charge in [-0.2, -0.15) is 0 Å². The van der Waals surface area contributed by atoms with E-state index in [9.17, 15) is 15.3 Å². The van der Waals surface area contributed by atoms with Crippen molar-refractivity contribution in [1.82, 2.24) is 0 Å². The number of hydrogen-bond acceptors (Lipinski definition) is 5. The zero-order valence-electron chi connectivity index (χ0n) is 18.6. The van der Waals surface area contributed by atoms with E-state index in [-0.39, 0.29) is 13.2 Å². The van der Waals surface area contributed by atoms with Crippen molar-refractivity contribution in [3.05, 3.63) is 12.2 Å². The molecule has 0 spiro atoms. The number of hydrogen-bond donors (Lipinski definition) is 3. The molecule has 0 aromatic carbocycles. The molecule has 1 saturated heterocycles. The second-order valence-corrected chi connectivity index (χ2v) is 8.39. The molecule has 1 rings (SSSR count). The van der Waals surface area contributed by atoms with Gasteiger partial charge in [-0.15, -0.1) is 0 Å². The van der Waals surface area contributed by atoms with E-state index >= 15 is 0 Å². The van der Waals surface area contributed by atoms with E-state index in [2.05, 4.69) is 19.1 Å². The van der Waals surface area contributed by atoms with Gasteiger partial charge in [0, 0.05) is 6.61 Å². The van der Waals surface area contributed by atoms with Crippen LogP contribution in [0.2, 0.25) is 0 Å². The first-order valence-electron chi connectivity index (χ1n) is 12.1. The van der Waals surface area contributed by atoms with Crippen LogP contribution in [0.3, 0.4) is 0 Å². The van der Waals surface area contributed by atoms with Crippen molar-refractivity contribution in [3.8, 4) is 0 Å². The third kappa shape index (κ3) is 12.7. The van der Waals surface area contributed by atoms with E-state index in [1.54, 1.807) is 0 Å². The minimum Gasteiger partial charge on any atom is -0.394 e. The van der Waals surface area contributed by atoms with E-state index < -0.39 is 24.4 Å². The Balaban J connectivity index is 1.86. The smallest absolute Gasteiger partial charge is 0.114 e. The van der Waals surface area contributed by atoms with Crippen molar-refractivity contribution >= 4 is 0 Å². The highest BCUT2D eigenvalue weighted by Gasteiger charge is 2.40. The van der Waals surface area contributed by atoms with Crippen molar-refractivity contribution in [3.63, 3.8) is 0 Å². The molecule has 0 radical (unpaired) electrons. The number of aliphatic hydroxyl groups is 3. The van der Waals surface area contributed by atoms with Gasteiger partial charge < -0.3 is 24.8 Å². The number of rotatable bonds is 19. The zero-order valence-corrected chi connectivity index (χ0v) is 18.6. The highest BCUT2D eigenvalue weighted by atomic mass is 16.6. The molecule has 1 fully saturated rings. The van der Waals surface area contributed by atoms with Gasteiger partial charge in [0.1, 0.15) is 24.4 Å². The Morgan fingerprint density at radius 2 is 1.41 bits per heavy atom. The third-order valence-electron chi connectivity index (χ3n) is 5.72. The monoisotopic (exact) mass is 414 g/mol. The molecule has 4 atom stereocenters. The third-order valence-corrected chi connectivity index (χ3v) is 5.72. The first-order chi connectivity index (χ1) is 14.2. The average Bonchev–Trinajstić information content (AvgIpc) is 3.06. The molecule has 0 aliphatic carbocycles. The molecule has 0 amide bonds. The topological polar surface area (TPSA) is 79.2 Å². The molecule has 0 aromatic rings. The largest absolute Gasteiger partial charge is 0.394 e. The molecule has 0 unspecified atom stereocenters. The minimum absolute atomic E-state index is 0.0943. The molecule has 1 heterocycles. The Morgan fingerprint density at radius 3 is 1.93 bits per heavy atom. The van der Waals surface area contributed by atoms with Crippen LogP contribution in [-0.4, -0.2) is 59.6 Å². The van der Waals surface area contributed by atoms with Crippen molar-refractivity contribution in [2.75, 3.05) is 19.8 Å². The summed E-state index contributed by atoms with van der Waals surface area (Å²) in [6, 6.07) is 0. The SMILES string of the molecule is CCCCCCCCCCC/C=C/CCCCCO[C@@H](CO)[C@H]1OC[C@@H](O)[C@H]1O. The highest BCUT2D eigenvalue weighted by Crippen LogP contribution is 2.20. The average molecular weight is 415 g/mol. The van der Waals surface area contributed by atoms with E-state index in [1.807, 2.05) is 0 Å². The quantitative estimate of drug-likeness (QED) is 0.214. The van der Waals surface area contributed by atoms with Crippen LogP contribution in [0.4, 0.5) is 0 Å². The van der Waals surface area contributed by atoms with Crippen LogP contribution in [0.25, 0.3) is 0 Å². The molecule has 0 saturated carbocycles. The van der Waals surface area contributed by atoms with Gasteiger partial charge in [0.05, 0.1) is 13.2 Å². The maximum Gasteiger partial charge on any atom is 0.114 e. The lowest BCUT2D eigenvalue weighted by atomic mass is 10.1. The fraction of sp³-hybridized carbons (Fsp3) is 0.917. The fourth-order valence-electron chi connectivity index (χ4n) is 3.79. The molecule has 1 aliphatic heterocycles. The first-order valence-corrected chi connectivity index (χ1v) is 12.1. The van der Waals surface area contributed by atoms with Crippen LogP contribution in [0.1, 0.15) is 96.8 Å². The van der Waals surface area contributed by atoms with Crippen LogP contribution >= 0.6 is 0 Å². The predicted molar refractivity (Wildman–Crippen MR) is 118 cm³/mol. The Hall–Kier alpha value is -0.460. The van der Waals surface area contributed by atoms with Crippen LogP contribution in [0, 0.1) is 0 Å². The van der Waals surface area contributed by atoms with Gasteiger partial charge in [0.25, 0.3) is 0 Å². The molecule has 172 valence electrons. The summed E-state index contributed by atoms with van der Waals surface area (Å²) in [4.78, 5) is 0. The second-order valence-electron chi connectivity index (χ2n) is 8.39. The summed E-state index contributed by atoms with van der Waals surface area (Å²) < 4.78 is 11.0. The van der Waals surface area contributed by atoms with Crippen molar-refractivity contribution in [2.45, 2.75) is 121 Å². The van der Waals surface area contributed by atoms with Gasteiger partial charge >= 0.3 is 0 Å². The van der Waals surface area contributed by atoms with Crippen LogP contribution in [0.5, 0.6) is 0 Å². The minimum atomic E-state index is -0.983. The lowest BCUT2D eigenvalue weighted by Crippen LogP contribution is -2.42. The number of unbranched alkanes of at least 4 members (excludes halogenated alkanes) is 12. The van der Waals surface area contributed by atoms with Crippen LogP contribution in [0.15, 0.2) is 12.2 Å². The number of aliphatic hydroxyl groups excluding tert-OH is 3. The van der Waals surface area contributed by atoms with E-state index in [0.717, 1.165) is 25.7 Å². The Labute approximate surface area is 178 Å². The van der Waals surface area contributed by atoms with Gasteiger partial charge in [0.2, 0.25) is 0 Å². The lowest BCUT2D eigenvalue weighted by molar-refractivity contribution is -0.101. The van der Waals surface area contributed by atoms with E-state index in [0.29, 0.717) is 6.61 Å². The maximum atomic E-state index is 9.83. The summed E-state index contributed by atoms with van der Waals surface area (Å²) in [7, 11) is 0. The van der Waals surface area contributed by atoms with E-state index in [4.69, 9.17) is 9.47 Å².